The van der Waals surface area contributed by atoms with Gasteiger partial charge in [-0.2, -0.15) is 5.10 Å². The molecule has 0 saturated carbocycles. The normalized spacial score (nSPS) is 11.8. The lowest BCUT2D eigenvalue weighted by atomic mass is 9.94. The van der Waals surface area contributed by atoms with E-state index < -0.39 is 11.4 Å². The van der Waals surface area contributed by atoms with Crippen LogP contribution in [-0.2, 0) is 17.3 Å². The molecule has 0 unspecified atom stereocenters. The van der Waals surface area contributed by atoms with Gasteiger partial charge in [-0.15, -0.1) is 0 Å². The van der Waals surface area contributed by atoms with Crippen LogP contribution in [0, 0.1) is 0 Å². The highest BCUT2D eigenvalue weighted by Crippen LogP contribution is 2.22. The Labute approximate surface area is 97.7 Å². The molecule has 0 fully saturated rings. The van der Waals surface area contributed by atoms with Gasteiger partial charge in [0.05, 0.1) is 12.4 Å². The molecule has 16 heavy (non-hydrogen) atoms. The molecule has 0 aromatic carbocycles. The molecule has 0 atom stereocenters. The number of hydrogen-bond donors (Lipinski definition) is 2. The van der Waals surface area contributed by atoms with Crippen molar-refractivity contribution in [3.8, 4) is 0 Å². The standard InChI is InChI=1S/C9H15N3O3S/c1-9(2,5-13)7-10-8(12(3)11-7)16-4-6(14)15/h13H,4-5H2,1-3H3,(H,14,15). The van der Waals surface area contributed by atoms with Crippen molar-refractivity contribution in [3.63, 3.8) is 0 Å². The fraction of sp³-hybridized carbons (Fsp3) is 0.667. The summed E-state index contributed by atoms with van der Waals surface area (Å²) >= 11 is 1.11. The van der Waals surface area contributed by atoms with Gasteiger partial charge in [-0.3, -0.25) is 4.79 Å². The molecule has 0 aliphatic rings. The summed E-state index contributed by atoms with van der Waals surface area (Å²) in [6, 6.07) is 0. The SMILES string of the molecule is Cn1nc(C(C)(C)CO)nc1SCC(=O)O. The fourth-order valence-corrected chi connectivity index (χ4v) is 1.61. The predicted molar refractivity (Wildman–Crippen MR) is 59.5 cm³/mol. The largest absolute Gasteiger partial charge is 0.481 e. The first-order valence-corrected chi connectivity index (χ1v) is 5.72. The number of aliphatic carboxylic acids is 1. The van der Waals surface area contributed by atoms with Crippen LogP contribution in [0.3, 0.4) is 0 Å². The average molecular weight is 245 g/mol. The van der Waals surface area contributed by atoms with Crippen molar-refractivity contribution < 1.29 is 15.0 Å². The summed E-state index contributed by atoms with van der Waals surface area (Å²) in [7, 11) is 1.70. The Morgan fingerprint density at radius 1 is 1.56 bits per heavy atom. The van der Waals surface area contributed by atoms with Crippen LogP contribution >= 0.6 is 11.8 Å². The maximum absolute atomic E-state index is 10.4. The number of nitrogens with zero attached hydrogens (tertiary/aromatic N) is 3. The average Bonchev–Trinajstić information content (AvgIpc) is 2.57. The first-order valence-electron chi connectivity index (χ1n) is 4.74. The van der Waals surface area contributed by atoms with Crippen LogP contribution in [0.5, 0.6) is 0 Å². The number of carboxylic acids is 1. The van der Waals surface area contributed by atoms with Crippen molar-refractivity contribution >= 4 is 17.7 Å². The molecule has 0 bridgehead atoms. The summed E-state index contributed by atoms with van der Waals surface area (Å²) in [5.41, 5.74) is -0.514. The fourth-order valence-electron chi connectivity index (χ4n) is 0.980. The smallest absolute Gasteiger partial charge is 0.313 e. The monoisotopic (exact) mass is 245 g/mol. The number of aromatic nitrogens is 3. The second-order valence-corrected chi connectivity index (χ2v) is 5.01. The number of aryl methyl sites for hydroxylation is 1. The zero-order valence-corrected chi connectivity index (χ0v) is 10.3. The van der Waals surface area contributed by atoms with Gasteiger partial charge >= 0.3 is 5.97 Å². The van der Waals surface area contributed by atoms with Gasteiger partial charge in [0.15, 0.2) is 11.0 Å². The Balaban J connectivity index is 2.85. The number of thioether (sulfide) groups is 1. The second kappa shape index (κ2) is 4.84. The third-order valence-corrected chi connectivity index (χ3v) is 3.05. The van der Waals surface area contributed by atoms with Gasteiger partial charge in [-0.1, -0.05) is 25.6 Å². The van der Waals surface area contributed by atoms with Crippen molar-refractivity contribution in [2.45, 2.75) is 24.4 Å². The van der Waals surface area contributed by atoms with Gasteiger partial charge in [0.2, 0.25) is 0 Å². The highest BCUT2D eigenvalue weighted by atomic mass is 32.2. The zero-order chi connectivity index (χ0) is 12.3. The minimum atomic E-state index is -0.893. The van der Waals surface area contributed by atoms with Crippen molar-refractivity contribution in [3.05, 3.63) is 5.82 Å². The molecule has 1 aromatic rings. The highest BCUT2D eigenvalue weighted by molar-refractivity contribution is 7.99. The summed E-state index contributed by atoms with van der Waals surface area (Å²) in [4.78, 5) is 14.6. The van der Waals surface area contributed by atoms with Crippen molar-refractivity contribution in [2.75, 3.05) is 12.4 Å². The number of hydrogen-bond acceptors (Lipinski definition) is 5. The topological polar surface area (TPSA) is 88.2 Å². The number of carboxylic acid groups (broad SMARTS) is 1. The molecular formula is C9H15N3O3S. The van der Waals surface area contributed by atoms with E-state index in [4.69, 9.17) is 5.11 Å². The molecule has 0 spiro atoms. The molecule has 0 saturated heterocycles. The van der Waals surface area contributed by atoms with Crippen LogP contribution in [0.2, 0.25) is 0 Å². The summed E-state index contributed by atoms with van der Waals surface area (Å²) in [5, 5.41) is 22.4. The van der Waals surface area contributed by atoms with Crippen LogP contribution in [-0.4, -0.2) is 43.3 Å². The van der Waals surface area contributed by atoms with E-state index in [9.17, 15) is 9.90 Å². The lowest BCUT2D eigenvalue weighted by Crippen LogP contribution is -2.24. The molecule has 1 heterocycles. The van der Waals surface area contributed by atoms with Crippen LogP contribution < -0.4 is 0 Å². The van der Waals surface area contributed by atoms with Crippen molar-refractivity contribution in [2.24, 2.45) is 7.05 Å². The van der Waals surface area contributed by atoms with Crippen molar-refractivity contribution in [1.82, 2.24) is 14.8 Å². The van der Waals surface area contributed by atoms with Gasteiger partial charge in [-0.05, 0) is 0 Å². The predicted octanol–water partition coefficient (Wildman–Crippen LogP) is 0.262. The molecule has 6 nitrogen and oxygen atoms in total. The van der Waals surface area contributed by atoms with Gasteiger partial charge < -0.3 is 10.2 Å². The molecule has 1 rings (SSSR count). The third-order valence-electron chi connectivity index (χ3n) is 2.05. The van der Waals surface area contributed by atoms with Gasteiger partial charge in [0.25, 0.3) is 0 Å². The lowest BCUT2D eigenvalue weighted by molar-refractivity contribution is -0.133. The van der Waals surface area contributed by atoms with Gasteiger partial charge in [0.1, 0.15) is 0 Å². The van der Waals surface area contributed by atoms with E-state index in [2.05, 4.69) is 10.1 Å². The Morgan fingerprint density at radius 2 is 2.19 bits per heavy atom. The van der Waals surface area contributed by atoms with Gasteiger partial charge in [0, 0.05) is 12.5 Å². The summed E-state index contributed by atoms with van der Waals surface area (Å²) in [6.45, 7) is 3.60. The van der Waals surface area contributed by atoms with Crippen LogP contribution in [0.4, 0.5) is 0 Å². The third kappa shape index (κ3) is 2.96. The molecule has 1 aromatic heterocycles. The second-order valence-electron chi connectivity index (χ2n) is 4.07. The molecule has 90 valence electrons. The van der Waals surface area contributed by atoms with Crippen LogP contribution in [0.1, 0.15) is 19.7 Å². The molecular weight excluding hydrogens is 230 g/mol. The summed E-state index contributed by atoms with van der Waals surface area (Å²) in [5.74, 6) is -0.424. The van der Waals surface area contributed by atoms with Crippen LogP contribution in [0.15, 0.2) is 5.16 Å². The van der Waals surface area contributed by atoms with E-state index >= 15 is 0 Å². The number of aliphatic hydroxyl groups is 1. The van der Waals surface area contributed by atoms with E-state index in [1.165, 1.54) is 4.68 Å². The Hall–Kier alpha value is -1.08. The molecule has 0 aliphatic heterocycles. The van der Waals surface area contributed by atoms with E-state index in [0.717, 1.165) is 11.8 Å². The first-order chi connectivity index (χ1) is 7.36. The molecule has 0 amide bonds. The lowest BCUT2D eigenvalue weighted by Gasteiger charge is -2.16. The van der Waals surface area contributed by atoms with E-state index in [1.54, 1.807) is 7.05 Å². The minimum Gasteiger partial charge on any atom is -0.481 e. The summed E-state index contributed by atoms with van der Waals surface area (Å²) < 4.78 is 1.53. The Bertz CT molecular complexity index is 389. The van der Waals surface area contributed by atoms with Crippen molar-refractivity contribution in [1.29, 1.82) is 0 Å². The maximum atomic E-state index is 10.4. The van der Waals surface area contributed by atoms with E-state index in [0.29, 0.717) is 11.0 Å². The Morgan fingerprint density at radius 3 is 2.69 bits per heavy atom. The first kappa shape index (κ1) is 13.0. The number of carbonyl (C=O) groups is 1. The number of rotatable bonds is 5. The molecule has 0 aliphatic carbocycles. The quantitative estimate of drug-likeness (QED) is 0.723. The van der Waals surface area contributed by atoms with E-state index in [1.807, 2.05) is 13.8 Å². The van der Waals surface area contributed by atoms with Crippen LogP contribution in [0.25, 0.3) is 0 Å². The maximum Gasteiger partial charge on any atom is 0.313 e. The zero-order valence-electron chi connectivity index (χ0n) is 9.47. The summed E-state index contributed by atoms with van der Waals surface area (Å²) in [6.07, 6.45) is 0. The number of aliphatic hydroxyl groups excluding tert-OH is 1. The molecule has 2 N–H and O–H groups in total. The highest BCUT2D eigenvalue weighted by Gasteiger charge is 2.25. The molecule has 7 heteroatoms. The molecule has 0 radical (unpaired) electrons. The van der Waals surface area contributed by atoms with E-state index in [-0.39, 0.29) is 12.4 Å². The minimum absolute atomic E-state index is 0.0501. The van der Waals surface area contributed by atoms with Gasteiger partial charge in [-0.25, -0.2) is 9.67 Å². The Kier molecular flexibility index (Phi) is 3.93.